The smallest absolute Gasteiger partial charge is 0.222 e. The molecular weight excluding hydrogens is 391 g/mol. The monoisotopic (exact) mass is 420 g/mol. The summed E-state index contributed by atoms with van der Waals surface area (Å²) in [4.78, 5) is 14.4. The van der Waals surface area contributed by atoms with E-state index in [2.05, 4.69) is 15.5 Å². The van der Waals surface area contributed by atoms with Crippen LogP contribution in [0, 0.1) is 11.7 Å². The molecule has 1 aromatic heterocycles. The summed E-state index contributed by atoms with van der Waals surface area (Å²) in [6.07, 6.45) is 7.21. The van der Waals surface area contributed by atoms with Gasteiger partial charge in [0.25, 0.3) is 0 Å². The van der Waals surface area contributed by atoms with E-state index in [1.807, 2.05) is 24.1 Å². The predicted molar refractivity (Wildman–Crippen MR) is 114 cm³/mol. The summed E-state index contributed by atoms with van der Waals surface area (Å²) in [6.45, 7) is 0.741. The van der Waals surface area contributed by atoms with Gasteiger partial charge < -0.3 is 10.2 Å². The molecule has 1 aromatic carbocycles. The highest BCUT2D eigenvalue weighted by Gasteiger charge is 2.34. The summed E-state index contributed by atoms with van der Waals surface area (Å²) in [5, 5.41) is 10.9. The van der Waals surface area contributed by atoms with Gasteiger partial charge in [0.05, 0.1) is 5.69 Å². The van der Waals surface area contributed by atoms with Crippen LogP contribution in [0.15, 0.2) is 30.3 Å². The first-order chi connectivity index (χ1) is 13.6. The summed E-state index contributed by atoms with van der Waals surface area (Å²) in [5.41, 5.74) is 2.53. The van der Waals surface area contributed by atoms with Gasteiger partial charge in [-0.15, -0.1) is 12.4 Å². The van der Waals surface area contributed by atoms with Gasteiger partial charge in [-0.05, 0) is 62.6 Å². The number of aromatic amines is 1. The number of nitrogens with zero attached hydrogens (tertiary/aromatic N) is 2. The molecule has 7 heteroatoms. The van der Waals surface area contributed by atoms with Gasteiger partial charge in [0.15, 0.2) is 0 Å². The number of benzene rings is 1. The van der Waals surface area contributed by atoms with Crippen molar-refractivity contribution >= 4 is 18.3 Å². The van der Waals surface area contributed by atoms with Gasteiger partial charge in [0.2, 0.25) is 5.91 Å². The Labute approximate surface area is 177 Å². The Bertz CT molecular complexity index is 815. The highest BCUT2D eigenvalue weighted by atomic mass is 35.5. The summed E-state index contributed by atoms with van der Waals surface area (Å²) in [7, 11) is 1.91. The Morgan fingerprint density at radius 1 is 1.24 bits per heavy atom. The average molecular weight is 421 g/mol. The number of piperidine rings is 1. The standard InChI is InChI=1S/C22H29FN4O.ClH/c1-27(22(28)12-15-10-18-7-8-19(11-15)24-18)9-3-6-20-14-21(26-25-20)16-4-2-5-17(23)13-16;/h2,4-5,13-15,18-19,24H,3,6-12H2,1H3,(H,25,26);1H. The van der Waals surface area contributed by atoms with Crippen LogP contribution in [-0.4, -0.2) is 46.7 Å². The molecule has 2 aromatic rings. The van der Waals surface area contributed by atoms with E-state index in [1.165, 1.54) is 25.0 Å². The number of carbonyl (C=O) groups is 1. The van der Waals surface area contributed by atoms with Gasteiger partial charge in [-0.3, -0.25) is 9.89 Å². The molecule has 0 saturated carbocycles. The SMILES string of the molecule is CN(CCCc1cc(-c2cccc(F)c2)n[nH]1)C(=O)CC1CC2CCC(C1)N2.Cl. The number of rotatable bonds is 7. The second-order valence-electron chi connectivity index (χ2n) is 8.39. The molecule has 0 aliphatic carbocycles. The summed E-state index contributed by atoms with van der Waals surface area (Å²) >= 11 is 0. The molecule has 0 spiro atoms. The van der Waals surface area contributed by atoms with Crippen molar-refractivity contribution in [3.8, 4) is 11.3 Å². The molecule has 2 unspecified atom stereocenters. The zero-order valence-corrected chi connectivity index (χ0v) is 17.7. The Morgan fingerprint density at radius 2 is 2.00 bits per heavy atom. The second kappa shape index (κ2) is 9.72. The van der Waals surface area contributed by atoms with Crippen molar-refractivity contribution in [2.45, 2.75) is 57.0 Å². The van der Waals surface area contributed by atoms with Gasteiger partial charge in [-0.2, -0.15) is 5.10 Å². The molecule has 3 heterocycles. The van der Waals surface area contributed by atoms with Crippen molar-refractivity contribution in [3.05, 3.63) is 41.8 Å². The molecule has 2 bridgehead atoms. The fourth-order valence-corrected chi connectivity index (χ4v) is 4.66. The van der Waals surface area contributed by atoms with Crippen LogP contribution in [0.5, 0.6) is 0 Å². The van der Waals surface area contributed by atoms with E-state index in [9.17, 15) is 9.18 Å². The number of halogens is 2. The lowest BCUT2D eigenvalue weighted by Crippen LogP contribution is -2.40. The molecule has 2 aliphatic rings. The summed E-state index contributed by atoms with van der Waals surface area (Å²) in [6, 6.07) is 9.68. The molecule has 2 N–H and O–H groups in total. The van der Waals surface area contributed by atoms with Gasteiger partial charge in [0.1, 0.15) is 5.82 Å². The highest BCUT2D eigenvalue weighted by Crippen LogP contribution is 2.32. The van der Waals surface area contributed by atoms with E-state index >= 15 is 0 Å². The topological polar surface area (TPSA) is 61.0 Å². The average Bonchev–Trinajstić information content (AvgIpc) is 3.28. The van der Waals surface area contributed by atoms with Crippen LogP contribution < -0.4 is 5.32 Å². The van der Waals surface area contributed by atoms with E-state index in [-0.39, 0.29) is 24.1 Å². The zero-order valence-electron chi connectivity index (χ0n) is 16.9. The third kappa shape index (κ3) is 5.58. The fourth-order valence-electron chi connectivity index (χ4n) is 4.66. The lowest BCUT2D eigenvalue weighted by atomic mass is 9.89. The number of carbonyl (C=O) groups excluding carboxylic acids is 1. The van der Waals surface area contributed by atoms with Crippen LogP contribution in [0.1, 0.15) is 44.2 Å². The van der Waals surface area contributed by atoms with E-state index in [0.717, 1.165) is 49.2 Å². The summed E-state index contributed by atoms with van der Waals surface area (Å²) in [5.74, 6) is 0.537. The fraction of sp³-hybridized carbons (Fsp3) is 0.545. The van der Waals surface area contributed by atoms with Crippen LogP contribution in [0.4, 0.5) is 4.39 Å². The lowest BCUT2D eigenvalue weighted by molar-refractivity contribution is -0.131. The minimum Gasteiger partial charge on any atom is -0.346 e. The van der Waals surface area contributed by atoms with Crippen LogP contribution >= 0.6 is 12.4 Å². The van der Waals surface area contributed by atoms with Crippen LogP contribution in [0.3, 0.4) is 0 Å². The van der Waals surface area contributed by atoms with E-state index < -0.39 is 0 Å². The maximum Gasteiger partial charge on any atom is 0.222 e. The first kappa shape index (κ1) is 21.8. The first-order valence-electron chi connectivity index (χ1n) is 10.4. The van der Waals surface area contributed by atoms with Crippen LogP contribution in [-0.2, 0) is 11.2 Å². The van der Waals surface area contributed by atoms with Crippen molar-refractivity contribution in [3.63, 3.8) is 0 Å². The number of fused-ring (bicyclic) bond motifs is 2. The number of aryl methyl sites for hydroxylation is 1. The molecule has 5 nitrogen and oxygen atoms in total. The number of aromatic nitrogens is 2. The summed E-state index contributed by atoms with van der Waals surface area (Å²) < 4.78 is 13.4. The van der Waals surface area contributed by atoms with Crippen molar-refractivity contribution in [2.24, 2.45) is 5.92 Å². The van der Waals surface area contributed by atoms with E-state index in [1.54, 1.807) is 6.07 Å². The molecule has 2 fully saturated rings. The van der Waals surface area contributed by atoms with Crippen molar-refractivity contribution < 1.29 is 9.18 Å². The van der Waals surface area contributed by atoms with Crippen molar-refractivity contribution in [2.75, 3.05) is 13.6 Å². The molecular formula is C22H30ClFN4O. The quantitative estimate of drug-likeness (QED) is 0.713. The van der Waals surface area contributed by atoms with Crippen LogP contribution in [0.25, 0.3) is 11.3 Å². The third-order valence-electron chi connectivity index (χ3n) is 6.15. The number of H-pyrrole nitrogens is 1. The Hall–Kier alpha value is -1.92. The molecule has 2 atom stereocenters. The molecule has 1 amide bonds. The van der Waals surface area contributed by atoms with E-state index in [4.69, 9.17) is 0 Å². The maximum atomic E-state index is 13.4. The first-order valence-corrected chi connectivity index (χ1v) is 10.4. The predicted octanol–water partition coefficient (Wildman–Crippen LogP) is 3.95. The number of nitrogens with one attached hydrogen (secondary N) is 2. The minimum atomic E-state index is -0.260. The van der Waals surface area contributed by atoms with Gasteiger partial charge in [-0.1, -0.05) is 12.1 Å². The zero-order chi connectivity index (χ0) is 19.5. The molecule has 158 valence electrons. The van der Waals surface area contributed by atoms with Crippen molar-refractivity contribution in [1.82, 2.24) is 20.4 Å². The van der Waals surface area contributed by atoms with Gasteiger partial charge in [-0.25, -0.2) is 4.39 Å². The van der Waals surface area contributed by atoms with Gasteiger partial charge >= 0.3 is 0 Å². The van der Waals surface area contributed by atoms with Gasteiger partial charge in [0, 0.05) is 43.4 Å². The minimum absolute atomic E-state index is 0. The molecule has 2 saturated heterocycles. The molecule has 4 rings (SSSR count). The Kier molecular flexibility index (Phi) is 7.30. The number of hydrogen-bond acceptors (Lipinski definition) is 3. The second-order valence-corrected chi connectivity index (χ2v) is 8.39. The van der Waals surface area contributed by atoms with E-state index in [0.29, 0.717) is 24.4 Å². The number of hydrogen-bond donors (Lipinski definition) is 2. The largest absolute Gasteiger partial charge is 0.346 e. The number of amides is 1. The molecule has 0 radical (unpaired) electrons. The van der Waals surface area contributed by atoms with Crippen molar-refractivity contribution in [1.29, 1.82) is 0 Å². The third-order valence-corrected chi connectivity index (χ3v) is 6.15. The normalized spacial score (nSPS) is 22.9. The lowest BCUT2D eigenvalue weighted by Gasteiger charge is -2.30. The van der Waals surface area contributed by atoms with Crippen LogP contribution in [0.2, 0.25) is 0 Å². The Morgan fingerprint density at radius 3 is 2.72 bits per heavy atom. The maximum absolute atomic E-state index is 13.4. The molecule has 29 heavy (non-hydrogen) atoms. The molecule has 2 aliphatic heterocycles. The Balaban J connectivity index is 0.00000240. The highest BCUT2D eigenvalue weighted by molar-refractivity contribution is 5.85.